The number of carbonyl (C=O) groups is 2. The molecule has 0 atom stereocenters. The maximum absolute atomic E-state index is 12.6. The number of aromatic nitrogens is 1. The van der Waals surface area contributed by atoms with Gasteiger partial charge >= 0.3 is 11.8 Å². The molecule has 8 nitrogen and oxygen atoms in total. The van der Waals surface area contributed by atoms with Gasteiger partial charge in [-0.05, 0) is 42.5 Å². The lowest BCUT2D eigenvalue weighted by Gasteiger charge is -2.36. The first-order valence-electron chi connectivity index (χ1n) is 11.5. The largest absolute Gasteiger partial charge is 0.467 e. The Morgan fingerprint density at radius 3 is 2.50 bits per heavy atom. The third kappa shape index (κ3) is 4.13. The number of fused-ring (bicyclic) bond motifs is 1. The van der Waals surface area contributed by atoms with E-state index >= 15 is 0 Å². The van der Waals surface area contributed by atoms with Gasteiger partial charge in [0.15, 0.2) is 0 Å². The molecule has 0 saturated carbocycles. The Bertz CT molecular complexity index is 1240. The zero-order chi connectivity index (χ0) is 23.5. The van der Waals surface area contributed by atoms with Gasteiger partial charge in [0.05, 0.1) is 24.1 Å². The fraction of sp³-hybridized carbons (Fsp3) is 0.308. The van der Waals surface area contributed by atoms with Crippen LogP contribution in [0.4, 0.5) is 5.82 Å². The summed E-state index contributed by atoms with van der Waals surface area (Å²) in [6, 6.07) is 15.9. The summed E-state index contributed by atoms with van der Waals surface area (Å²) < 4.78 is 5.19. The average molecular weight is 456 g/mol. The van der Waals surface area contributed by atoms with Crippen LogP contribution >= 0.6 is 0 Å². The summed E-state index contributed by atoms with van der Waals surface area (Å²) in [5.74, 6) is 0.0615. The molecule has 8 heteroatoms. The molecule has 2 amide bonds. The second-order valence-corrected chi connectivity index (χ2v) is 8.49. The van der Waals surface area contributed by atoms with Crippen molar-refractivity contribution in [3.63, 3.8) is 0 Å². The van der Waals surface area contributed by atoms with Crippen LogP contribution in [0.2, 0.25) is 0 Å². The number of pyridine rings is 1. The first kappa shape index (κ1) is 21.7. The highest BCUT2D eigenvalue weighted by molar-refractivity contribution is 6.35. The van der Waals surface area contributed by atoms with Crippen molar-refractivity contribution < 1.29 is 14.0 Å². The predicted molar refractivity (Wildman–Crippen MR) is 126 cm³/mol. The van der Waals surface area contributed by atoms with Crippen LogP contribution in [0.25, 0.3) is 11.3 Å². The number of rotatable bonds is 4. The van der Waals surface area contributed by atoms with Crippen molar-refractivity contribution in [1.29, 1.82) is 5.26 Å². The van der Waals surface area contributed by atoms with Crippen molar-refractivity contribution in [2.75, 3.05) is 31.1 Å². The minimum Gasteiger partial charge on any atom is -0.467 e. The summed E-state index contributed by atoms with van der Waals surface area (Å²) in [5, 5.41) is 12.6. The van der Waals surface area contributed by atoms with Crippen LogP contribution in [0.1, 0.15) is 28.9 Å². The molecule has 0 spiro atoms. The number of piperazine rings is 1. The Morgan fingerprint density at radius 1 is 1.03 bits per heavy atom. The highest BCUT2D eigenvalue weighted by atomic mass is 16.3. The van der Waals surface area contributed by atoms with Gasteiger partial charge in [0.1, 0.15) is 17.6 Å². The molecule has 0 unspecified atom stereocenters. The molecule has 1 aromatic carbocycles. The van der Waals surface area contributed by atoms with Crippen LogP contribution in [-0.2, 0) is 29.0 Å². The van der Waals surface area contributed by atoms with Gasteiger partial charge in [0.25, 0.3) is 0 Å². The lowest BCUT2D eigenvalue weighted by atomic mass is 9.98. The van der Waals surface area contributed by atoms with Crippen LogP contribution in [-0.4, -0.2) is 47.9 Å². The molecular weight excluding hydrogens is 430 g/mol. The van der Waals surface area contributed by atoms with Gasteiger partial charge in [-0.3, -0.25) is 9.59 Å². The van der Waals surface area contributed by atoms with E-state index < -0.39 is 11.8 Å². The monoisotopic (exact) mass is 455 g/mol. The molecular formula is C26H25N5O3. The lowest BCUT2D eigenvalue weighted by Crippen LogP contribution is -2.53. The van der Waals surface area contributed by atoms with Crippen LogP contribution in [0.15, 0.2) is 53.1 Å². The first-order chi connectivity index (χ1) is 16.7. The van der Waals surface area contributed by atoms with E-state index in [0.29, 0.717) is 43.3 Å². The standard InChI is InChI=1S/C26H25N5O3/c27-16-22-20-9-4-10-21(20)23(18-6-2-1-3-7-18)29-24(22)30-11-13-31(14-12-30)26(33)25(32)28-17-19-8-5-15-34-19/h1-3,5-8,15H,4,9-14,17H2,(H,28,32). The number of nitriles is 1. The number of carbonyl (C=O) groups excluding carboxylic acids is 2. The number of benzene rings is 1. The van der Waals surface area contributed by atoms with E-state index in [0.717, 1.165) is 36.1 Å². The Balaban J connectivity index is 1.32. The van der Waals surface area contributed by atoms with E-state index in [-0.39, 0.29) is 6.54 Å². The quantitative estimate of drug-likeness (QED) is 0.607. The molecule has 172 valence electrons. The van der Waals surface area contributed by atoms with Gasteiger partial charge in [-0.2, -0.15) is 5.26 Å². The number of nitrogens with zero attached hydrogens (tertiary/aromatic N) is 4. The minimum atomic E-state index is -0.649. The molecule has 2 aliphatic rings. The molecule has 1 fully saturated rings. The molecule has 34 heavy (non-hydrogen) atoms. The molecule has 1 aliphatic carbocycles. The summed E-state index contributed by atoms with van der Waals surface area (Å²) in [7, 11) is 0. The Hall–Kier alpha value is -4.12. The van der Waals surface area contributed by atoms with Gasteiger partial charge in [-0.25, -0.2) is 4.98 Å². The second-order valence-electron chi connectivity index (χ2n) is 8.49. The predicted octanol–water partition coefficient (Wildman–Crippen LogP) is 2.67. The minimum absolute atomic E-state index is 0.171. The number of hydrogen-bond donors (Lipinski definition) is 1. The number of hydrogen-bond acceptors (Lipinski definition) is 6. The summed E-state index contributed by atoms with van der Waals surface area (Å²) in [5.41, 5.74) is 4.91. The maximum atomic E-state index is 12.6. The van der Waals surface area contributed by atoms with Crippen molar-refractivity contribution in [3.8, 4) is 17.3 Å². The molecule has 2 aromatic heterocycles. The molecule has 1 saturated heterocycles. The average Bonchev–Trinajstić information content (AvgIpc) is 3.59. The Morgan fingerprint density at radius 2 is 1.79 bits per heavy atom. The summed E-state index contributed by atoms with van der Waals surface area (Å²) in [6.07, 6.45) is 4.34. The molecule has 3 aromatic rings. The Kier molecular flexibility index (Phi) is 6.00. The number of nitrogens with one attached hydrogen (secondary N) is 1. The normalized spacial score (nSPS) is 15.0. The lowest BCUT2D eigenvalue weighted by molar-refractivity contribution is -0.146. The van der Waals surface area contributed by atoms with Gasteiger partial charge < -0.3 is 19.5 Å². The van der Waals surface area contributed by atoms with E-state index in [2.05, 4.69) is 28.4 Å². The molecule has 0 radical (unpaired) electrons. The third-order valence-corrected chi connectivity index (χ3v) is 6.47. The van der Waals surface area contributed by atoms with E-state index in [1.807, 2.05) is 18.2 Å². The highest BCUT2D eigenvalue weighted by Crippen LogP contribution is 2.37. The number of amides is 2. The van der Waals surface area contributed by atoms with Crippen molar-refractivity contribution in [2.24, 2.45) is 0 Å². The first-order valence-corrected chi connectivity index (χ1v) is 11.5. The zero-order valence-electron chi connectivity index (χ0n) is 18.8. The van der Waals surface area contributed by atoms with Gasteiger partial charge in [0, 0.05) is 31.7 Å². The van der Waals surface area contributed by atoms with Crippen molar-refractivity contribution in [1.82, 2.24) is 15.2 Å². The molecule has 0 bridgehead atoms. The molecule has 1 N–H and O–H groups in total. The van der Waals surface area contributed by atoms with E-state index in [1.165, 1.54) is 11.8 Å². The number of anilines is 1. The smallest absolute Gasteiger partial charge is 0.312 e. The van der Waals surface area contributed by atoms with E-state index in [4.69, 9.17) is 9.40 Å². The van der Waals surface area contributed by atoms with Crippen LogP contribution in [0, 0.1) is 11.3 Å². The fourth-order valence-electron chi connectivity index (χ4n) is 4.75. The van der Waals surface area contributed by atoms with Crippen LogP contribution in [0.3, 0.4) is 0 Å². The van der Waals surface area contributed by atoms with Crippen LogP contribution < -0.4 is 10.2 Å². The van der Waals surface area contributed by atoms with Gasteiger partial charge in [-0.15, -0.1) is 0 Å². The summed E-state index contributed by atoms with van der Waals surface area (Å²) >= 11 is 0. The fourth-order valence-corrected chi connectivity index (χ4v) is 4.75. The van der Waals surface area contributed by atoms with Gasteiger partial charge in [-0.1, -0.05) is 30.3 Å². The summed E-state index contributed by atoms with van der Waals surface area (Å²) in [6.45, 7) is 1.96. The topological polar surface area (TPSA) is 102 Å². The summed E-state index contributed by atoms with van der Waals surface area (Å²) in [4.78, 5) is 33.5. The molecule has 1 aliphatic heterocycles. The maximum Gasteiger partial charge on any atom is 0.312 e. The SMILES string of the molecule is N#Cc1c(N2CCN(C(=O)C(=O)NCc3ccco3)CC2)nc(-c2ccccc2)c2c1CCC2. The van der Waals surface area contributed by atoms with Crippen LogP contribution in [0.5, 0.6) is 0 Å². The van der Waals surface area contributed by atoms with Crippen molar-refractivity contribution in [2.45, 2.75) is 25.8 Å². The van der Waals surface area contributed by atoms with Gasteiger partial charge in [0.2, 0.25) is 0 Å². The second kappa shape index (κ2) is 9.40. The van der Waals surface area contributed by atoms with E-state index in [1.54, 1.807) is 17.0 Å². The third-order valence-electron chi connectivity index (χ3n) is 6.47. The molecule has 3 heterocycles. The molecule has 5 rings (SSSR count). The zero-order valence-corrected chi connectivity index (χ0v) is 18.8. The number of furan rings is 1. The Labute approximate surface area is 197 Å². The van der Waals surface area contributed by atoms with Crippen molar-refractivity contribution in [3.05, 3.63) is 71.2 Å². The highest BCUT2D eigenvalue weighted by Gasteiger charge is 2.30. The van der Waals surface area contributed by atoms with Crippen molar-refractivity contribution >= 4 is 17.6 Å². The van der Waals surface area contributed by atoms with E-state index in [9.17, 15) is 14.9 Å².